The monoisotopic (exact) mass is 289 g/mol. The summed E-state index contributed by atoms with van der Waals surface area (Å²) >= 11 is 0. The van der Waals surface area contributed by atoms with Crippen molar-refractivity contribution in [3.63, 3.8) is 0 Å². The van der Waals surface area contributed by atoms with Crippen LogP contribution in [0.15, 0.2) is 24.3 Å². The van der Waals surface area contributed by atoms with Crippen molar-refractivity contribution in [3.8, 4) is 0 Å². The van der Waals surface area contributed by atoms with Crippen molar-refractivity contribution in [1.82, 2.24) is 0 Å². The molecule has 1 aliphatic carbocycles. The summed E-state index contributed by atoms with van der Waals surface area (Å²) in [5, 5.41) is 12.2. The highest BCUT2D eigenvalue weighted by Gasteiger charge is 2.26. The van der Waals surface area contributed by atoms with Crippen molar-refractivity contribution >= 4 is 29.1 Å². The third-order valence-electron chi connectivity index (χ3n) is 2.68. The molecule has 0 spiro atoms. The molecule has 21 heavy (non-hydrogen) atoms. The highest BCUT2D eigenvalue weighted by molar-refractivity contribution is 6.50. The Morgan fingerprint density at radius 3 is 2.48 bits per heavy atom. The lowest BCUT2D eigenvalue weighted by molar-refractivity contribution is -0.111. The van der Waals surface area contributed by atoms with Crippen molar-refractivity contribution < 1.29 is 24.2 Å². The van der Waals surface area contributed by atoms with Crippen molar-refractivity contribution in [3.05, 3.63) is 35.4 Å². The summed E-state index contributed by atoms with van der Waals surface area (Å²) in [6.45, 7) is 5.20. The Bertz CT molecular complexity index is 667. The standard InChI is InChI=1S/C15H15NO5/c1-15(2,3)21-14(20)16-8-4-5-9-10(6-8)11(17)7-12(18)13(9)19/h4-7,17H,1-3H3,(H,16,20). The van der Waals surface area contributed by atoms with Gasteiger partial charge in [0.2, 0.25) is 11.6 Å². The topological polar surface area (TPSA) is 92.7 Å². The number of fused-ring (bicyclic) bond motifs is 1. The first-order valence-corrected chi connectivity index (χ1v) is 6.31. The van der Waals surface area contributed by atoms with E-state index in [-0.39, 0.29) is 16.9 Å². The van der Waals surface area contributed by atoms with E-state index >= 15 is 0 Å². The number of benzene rings is 1. The van der Waals surface area contributed by atoms with Gasteiger partial charge in [-0.15, -0.1) is 0 Å². The smallest absolute Gasteiger partial charge is 0.412 e. The Hall–Kier alpha value is -2.63. The predicted molar refractivity (Wildman–Crippen MR) is 76.2 cm³/mol. The van der Waals surface area contributed by atoms with Gasteiger partial charge < -0.3 is 9.84 Å². The van der Waals surface area contributed by atoms with Gasteiger partial charge in [0.25, 0.3) is 0 Å². The summed E-state index contributed by atoms with van der Waals surface area (Å²) in [6, 6.07) is 4.26. The minimum Gasteiger partial charge on any atom is -0.507 e. The van der Waals surface area contributed by atoms with Gasteiger partial charge in [0.15, 0.2) is 0 Å². The Morgan fingerprint density at radius 2 is 1.86 bits per heavy atom. The van der Waals surface area contributed by atoms with Gasteiger partial charge in [-0.2, -0.15) is 0 Å². The van der Waals surface area contributed by atoms with Crippen LogP contribution in [-0.4, -0.2) is 28.4 Å². The molecule has 2 rings (SSSR count). The van der Waals surface area contributed by atoms with E-state index in [9.17, 15) is 19.5 Å². The average molecular weight is 289 g/mol. The summed E-state index contributed by atoms with van der Waals surface area (Å²) in [6.07, 6.45) is 0.214. The van der Waals surface area contributed by atoms with Crippen LogP contribution < -0.4 is 5.32 Å². The molecule has 1 aromatic carbocycles. The molecule has 0 unspecified atom stereocenters. The number of Topliss-reactive ketones (excluding diaryl/α,β-unsaturated/α-hetero) is 1. The van der Waals surface area contributed by atoms with Crippen LogP contribution in [0.1, 0.15) is 36.7 Å². The van der Waals surface area contributed by atoms with E-state index in [0.717, 1.165) is 6.08 Å². The fourth-order valence-corrected chi connectivity index (χ4v) is 1.85. The molecule has 1 aliphatic rings. The fourth-order valence-electron chi connectivity index (χ4n) is 1.85. The van der Waals surface area contributed by atoms with Gasteiger partial charge in [0.1, 0.15) is 11.4 Å². The van der Waals surface area contributed by atoms with Gasteiger partial charge in [-0.05, 0) is 39.0 Å². The lowest BCUT2D eigenvalue weighted by atomic mass is 9.93. The zero-order valence-electron chi connectivity index (χ0n) is 11.9. The maximum atomic E-state index is 11.7. The molecule has 0 atom stereocenters. The molecule has 0 saturated heterocycles. The zero-order valence-corrected chi connectivity index (χ0v) is 11.9. The van der Waals surface area contributed by atoms with Crippen molar-refractivity contribution in [2.24, 2.45) is 0 Å². The van der Waals surface area contributed by atoms with Crippen LogP contribution >= 0.6 is 0 Å². The third-order valence-corrected chi connectivity index (χ3v) is 2.68. The highest BCUT2D eigenvalue weighted by Crippen LogP contribution is 2.26. The van der Waals surface area contributed by atoms with E-state index < -0.39 is 23.3 Å². The van der Waals surface area contributed by atoms with Gasteiger partial charge in [-0.25, -0.2) is 4.79 Å². The number of nitrogens with one attached hydrogen (secondary N) is 1. The molecule has 0 aliphatic heterocycles. The number of carbonyl (C=O) groups excluding carboxylic acids is 3. The van der Waals surface area contributed by atoms with E-state index in [4.69, 9.17) is 4.74 Å². The van der Waals surface area contributed by atoms with E-state index in [1.807, 2.05) is 0 Å². The van der Waals surface area contributed by atoms with Gasteiger partial charge in [0, 0.05) is 22.9 Å². The number of amides is 1. The van der Waals surface area contributed by atoms with Crippen LogP contribution in [0.25, 0.3) is 5.76 Å². The first-order valence-electron chi connectivity index (χ1n) is 6.31. The second-order valence-corrected chi connectivity index (χ2v) is 5.61. The van der Waals surface area contributed by atoms with Crippen LogP contribution in [0.4, 0.5) is 10.5 Å². The number of hydrogen-bond donors (Lipinski definition) is 2. The van der Waals surface area contributed by atoms with Crippen LogP contribution in [-0.2, 0) is 9.53 Å². The van der Waals surface area contributed by atoms with E-state index in [1.165, 1.54) is 18.2 Å². The lowest BCUT2D eigenvalue weighted by Gasteiger charge is -2.20. The number of allylic oxidation sites excluding steroid dienone is 1. The number of ketones is 2. The highest BCUT2D eigenvalue weighted by atomic mass is 16.6. The number of ether oxygens (including phenoxy) is 1. The molecule has 1 amide bonds. The van der Waals surface area contributed by atoms with Gasteiger partial charge >= 0.3 is 6.09 Å². The van der Waals surface area contributed by atoms with Crippen LogP contribution in [0.3, 0.4) is 0 Å². The van der Waals surface area contributed by atoms with E-state index in [2.05, 4.69) is 5.32 Å². The van der Waals surface area contributed by atoms with Crippen LogP contribution in [0.2, 0.25) is 0 Å². The second-order valence-electron chi connectivity index (χ2n) is 5.61. The Labute approximate surface area is 121 Å². The van der Waals surface area contributed by atoms with Gasteiger partial charge in [-0.3, -0.25) is 14.9 Å². The molecule has 0 bridgehead atoms. The van der Waals surface area contributed by atoms with Crippen molar-refractivity contribution in [2.45, 2.75) is 26.4 Å². The second kappa shape index (κ2) is 5.05. The maximum Gasteiger partial charge on any atom is 0.412 e. The predicted octanol–water partition coefficient (Wildman–Crippen LogP) is 2.70. The SMILES string of the molecule is CC(C)(C)OC(=O)Nc1ccc2c(c1)C(O)=CC(=O)C2=O. The fraction of sp³-hybridized carbons (Fsp3) is 0.267. The Morgan fingerprint density at radius 1 is 1.19 bits per heavy atom. The Kier molecular flexibility index (Phi) is 3.55. The minimum atomic E-state index is -0.771. The number of anilines is 1. The molecule has 6 heteroatoms. The number of carbonyl (C=O) groups is 3. The molecule has 110 valence electrons. The first kappa shape index (κ1) is 14.8. The largest absolute Gasteiger partial charge is 0.507 e. The summed E-state index contributed by atoms with van der Waals surface area (Å²) in [7, 11) is 0. The van der Waals surface area contributed by atoms with Gasteiger partial charge in [0.05, 0.1) is 0 Å². The number of aliphatic hydroxyl groups is 1. The molecule has 0 aromatic heterocycles. The number of rotatable bonds is 1. The third kappa shape index (κ3) is 3.28. The van der Waals surface area contributed by atoms with E-state index in [0.29, 0.717) is 5.69 Å². The van der Waals surface area contributed by atoms with Gasteiger partial charge in [-0.1, -0.05) is 0 Å². The molecule has 1 aromatic rings. The molecular weight excluding hydrogens is 274 g/mol. The lowest BCUT2D eigenvalue weighted by Crippen LogP contribution is -2.27. The van der Waals surface area contributed by atoms with Crippen molar-refractivity contribution in [2.75, 3.05) is 5.32 Å². The van der Waals surface area contributed by atoms with E-state index in [1.54, 1.807) is 20.8 Å². The van der Waals surface area contributed by atoms with Crippen molar-refractivity contribution in [1.29, 1.82) is 0 Å². The summed E-state index contributed by atoms with van der Waals surface area (Å²) in [5.41, 5.74) is 0.0240. The quantitative estimate of drug-likeness (QED) is 0.775. The molecule has 0 heterocycles. The Balaban J connectivity index is 2.26. The van der Waals surface area contributed by atoms with Crippen LogP contribution in [0.5, 0.6) is 0 Å². The molecule has 0 fully saturated rings. The number of aliphatic hydroxyl groups excluding tert-OH is 1. The van der Waals surface area contributed by atoms with Crippen LogP contribution in [0, 0.1) is 0 Å². The zero-order chi connectivity index (χ0) is 15.8. The molecule has 6 nitrogen and oxygen atoms in total. The first-order chi connectivity index (χ1) is 9.67. The number of hydrogen-bond acceptors (Lipinski definition) is 5. The molecular formula is C15H15NO5. The minimum absolute atomic E-state index is 0.106. The summed E-state index contributed by atoms with van der Waals surface area (Å²) in [5.74, 6) is -1.76. The normalized spacial score (nSPS) is 14.3. The maximum absolute atomic E-state index is 11.7. The average Bonchev–Trinajstić information content (AvgIpc) is 2.33. The molecule has 0 radical (unpaired) electrons. The molecule has 0 saturated carbocycles. The summed E-state index contributed by atoms with van der Waals surface area (Å²) < 4.78 is 5.10. The molecule has 2 N–H and O–H groups in total. The summed E-state index contributed by atoms with van der Waals surface area (Å²) in [4.78, 5) is 34.6.